The van der Waals surface area contributed by atoms with Gasteiger partial charge in [0.2, 0.25) is 0 Å². The van der Waals surface area contributed by atoms with Gasteiger partial charge < -0.3 is 5.73 Å². The molecule has 0 aliphatic heterocycles. The van der Waals surface area contributed by atoms with Gasteiger partial charge in [0.05, 0.1) is 11.2 Å². The van der Waals surface area contributed by atoms with Crippen molar-refractivity contribution in [3.63, 3.8) is 0 Å². The summed E-state index contributed by atoms with van der Waals surface area (Å²) >= 11 is 4.75. The van der Waals surface area contributed by atoms with Crippen LogP contribution < -0.4 is 5.73 Å². The van der Waals surface area contributed by atoms with Gasteiger partial charge in [0.15, 0.2) is 5.03 Å². The van der Waals surface area contributed by atoms with E-state index in [1.165, 1.54) is 21.3 Å². The van der Waals surface area contributed by atoms with Crippen LogP contribution in [0, 0.1) is 0 Å². The minimum Gasteiger partial charge on any atom is -0.393 e. The van der Waals surface area contributed by atoms with Crippen LogP contribution in [-0.4, -0.2) is 40.6 Å². The minimum absolute atomic E-state index is 0.169. The molecule has 0 bridgehead atoms. The smallest absolute Gasteiger partial charge is 0.260 e. The third kappa shape index (κ3) is 3.24. The molecule has 8 heteroatoms. The molecule has 0 saturated heterocycles. The number of rotatable bonds is 6. The molecule has 0 amide bonds. The van der Waals surface area contributed by atoms with E-state index in [1.54, 1.807) is 14.0 Å². The summed E-state index contributed by atoms with van der Waals surface area (Å²) in [7, 11) is -1.92. The molecule has 1 heterocycles. The molecule has 0 fully saturated rings. The molecular formula is C9H16N4O2S2. The Morgan fingerprint density at radius 2 is 2.29 bits per heavy atom. The predicted octanol–water partition coefficient (Wildman–Crippen LogP) is 0.107. The zero-order chi connectivity index (χ0) is 13.1. The van der Waals surface area contributed by atoms with E-state index >= 15 is 0 Å². The van der Waals surface area contributed by atoms with E-state index in [0.717, 1.165) is 0 Å². The van der Waals surface area contributed by atoms with Crippen LogP contribution in [0.4, 0.5) is 0 Å². The van der Waals surface area contributed by atoms with Crippen molar-refractivity contribution in [2.75, 3.05) is 13.1 Å². The first-order chi connectivity index (χ1) is 7.89. The van der Waals surface area contributed by atoms with Crippen molar-refractivity contribution in [1.29, 1.82) is 0 Å². The highest BCUT2D eigenvalue weighted by atomic mass is 32.2. The molecule has 0 atom stereocenters. The number of hydrogen-bond acceptors (Lipinski definition) is 4. The van der Waals surface area contributed by atoms with Crippen LogP contribution in [0.25, 0.3) is 0 Å². The summed E-state index contributed by atoms with van der Waals surface area (Å²) in [5, 5.41) is 4.02. The molecule has 0 aromatic carbocycles. The molecule has 2 N–H and O–H groups in total. The third-order valence-corrected chi connectivity index (χ3v) is 4.59. The molecule has 6 nitrogen and oxygen atoms in total. The standard InChI is InChI=1S/C9H16N4O2S2/c1-3-13(7-5-8(10)16)17(14,15)9-4-6-11-12(9)2/h4,6H,3,5,7H2,1-2H3,(H2,10,16). The van der Waals surface area contributed by atoms with Crippen LogP contribution in [0.3, 0.4) is 0 Å². The Kier molecular flexibility index (Phi) is 4.61. The zero-order valence-electron chi connectivity index (χ0n) is 9.83. The number of nitrogens with zero attached hydrogens (tertiary/aromatic N) is 3. The van der Waals surface area contributed by atoms with E-state index < -0.39 is 10.0 Å². The fourth-order valence-electron chi connectivity index (χ4n) is 1.43. The Morgan fingerprint density at radius 1 is 1.65 bits per heavy atom. The summed E-state index contributed by atoms with van der Waals surface area (Å²) in [6, 6.07) is 1.47. The second kappa shape index (κ2) is 5.56. The fourth-order valence-corrected chi connectivity index (χ4v) is 3.07. The highest BCUT2D eigenvalue weighted by Crippen LogP contribution is 2.14. The van der Waals surface area contributed by atoms with Crippen LogP contribution in [0.1, 0.15) is 13.3 Å². The Morgan fingerprint density at radius 3 is 2.71 bits per heavy atom. The summed E-state index contributed by atoms with van der Waals surface area (Å²) in [5.74, 6) is 0. The zero-order valence-corrected chi connectivity index (χ0v) is 11.5. The monoisotopic (exact) mass is 276 g/mol. The maximum Gasteiger partial charge on any atom is 0.260 e. The number of aryl methyl sites for hydroxylation is 1. The van der Waals surface area contributed by atoms with Gasteiger partial charge in [0, 0.05) is 26.6 Å². The molecule has 0 spiro atoms. The SMILES string of the molecule is CCN(CCC(N)=S)S(=O)(=O)c1ccnn1C. The first-order valence-corrected chi connectivity index (χ1v) is 7.01. The van der Waals surface area contributed by atoms with Gasteiger partial charge in [-0.15, -0.1) is 0 Å². The van der Waals surface area contributed by atoms with Gasteiger partial charge >= 0.3 is 0 Å². The van der Waals surface area contributed by atoms with Crippen LogP contribution in [0.2, 0.25) is 0 Å². The van der Waals surface area contributed by atoms with E-state index in [9.17, 15) is 8.42 Å². The van der Waals surface area contributed by atoms with Crippen molar-refractivity contribution in [3.8, 4) is 0 Å². The van der Waals surface area contributed by atoms with E-state index in [-0.39, 0.29) is 5.03 Å². The lowest BCUT2D eigenvalue weighted by Crippen LogP contribution is -2.34. The van der Waals surface area contributed by atoms with Crippen molar-refractivity contribution in [2.24, 2.45) is 12.8 Å². The van der Waals surface area contributed by atoms with Gasteiger partial charge in [-0.3, -0.25) is 4.68 Å². The summed E-state index contributed by atoms with van der Waals surface area (Å²) in [5.41, 5.74) is 5.38. The van der Waals surface area contributed by atoms with Crippen molar-refractivity contribution in [1.82, 2.24) is 14.1 Å². The molecule has 1 aromatic rings. The largest absolute Gasteiger partial charge is 0.393 e. The molecule has 0 aliphatic carbocycles. The van der Waals surface area contributed by atoms with Crippen molar-refractivity contribution in [2.45, 2.75) is 18.4 Å². The van der Waals surface area contributed by atoms with Crippen molar-refractivity contribution >= 4 is 27.2 Å². The van der Waals surface area contributed by atoms with Crippen LogP contribution >= 0.6 is 12.2 Å². The van der Waals surface area contributed by atoms with Gasteiger partial charge in [0.25, 0.3) is 10.0 Å². The summed E-state index contributed by atoms with van der Waals surface area (Å²) in [4.78, 5) is 0.309. The molecule has 17 heavy (non-hydrogen) atoms. The Hall–Kier alpha value is -0.990. The number of sulfonamides is 1. The topological polar surface area (TPSA) is 81.2 Å². The fraction of sp³-hybridized carbons (Fsp3) is 0.556. The minimum atomic E-state index is -3.52. The normalized spacial score (nSPS) is 11.9. The number of aromatic nitrogens is 2. The Bertz CT molecular complexity index is 495. The molecule has 1 aromatic heterocycles. The Balaban J connectivity index is 2.95. The number of thiocarbonyl (C=S) groups is 1. The second-order valence-electron chi connectivity index (χ2n) is 3.51. The third-order valence-electron chi connectivity index (χ3n) is 2.34. The first kappa shape index (κ1) is 14.1. The molecule has 0 aliphatic rings. The Labute approximate surface area is 106 Å². The lowest BCUT2D eigenvalue weighted by molar-refractivity contribution is 0.430. The molecule has 0 radical (unpaired) electrons. The molecular weight excluding hydrogens is 260 g/mol. The highest BCUT2D eigenvalue weighted by Gasteiger charge is 2.25. The second-order valence-corrected chi connectivity index (χ2v) is 5.92. The predicted molar refractivity (Wildman–Crippen MR) is 69.0 cm³/mol. The van der Waals surface area contributed by atoms with Crippen LogP contribution in [0.15, 0.2) is 17.3 Å². The maximum atomic E-state index is 12.2. The van der Waals surface area contributed by atoms with Crippen LogP contribution in [-0.2, 0) is 17.1 Å². The van der Waals surface area contributed by atoms with Gasteiger partial charge in [0.1, 0.15) is 0 Å². The van der Waals surface area contributed by atoms with Gasteiger partial charge in [-0.25, -0.2) is 8.42 Å². The number of hydrogen-bond donors (Lipinski definition) is 1. The van der Waals surface area contributed by atoms with Crippen molar-refractivity contribution < 1.29 is 8.42 Å². The lowest BCUT2D eigenvalue weighted by atomic mass is 10.4. The quantitative estimate of drug-likeness (QED) is 0.746. The summed E-state index contributed by atoms with van der Waals surface area (Å²) in [6.45, 7) is 2.43. The average molecular weight is 276 g/mol. The van der Waals surface area contributed by atoms with E-state index in [0.29, 0.717) is 24.5 Å². The molecule has 1 rings (SSSR count). The van der Waals surface area contributed by atoms with Gasteiger partial charge in [-0.1, -0.05) is 19.1 Å². The van der Waals surface area contributed by atoms with E-state index in [1.807, 2.05) is 0 Å². The van der Waals surface area contributed by atoms with Crippen LogP contribution in [0.5, 0.6) is 0 Å². The average Bonchev–Trinajstić information content (AvgIpc) is 2.65. The number of nitrogens with two attached hydrogens (primary N) is 1. The van der Waals surface area contributed by atoms with Crippen molar-refractivity contribution in [3.05, 3.63) is 12.3 Å². The molecule has 0 saturated carbocycles. The first-order valence-electron chi connectivity index (χ1n) is 5.16. The molecule has 0 unspecified atom stereocenters. The van der Waals surface area contributed by atoms with E-state index in [4.69, 9.17) is 18.0 Å². The molecule has 96 valence electrons. The lowest BCUT2D eigenvalue weighted by Gasteiger charge is -2.19. The maximum absolute atomic E-state index is 12.2. The summed E-state index contributed by atoms with van der Waals surface area (Å²) in [6.07, 6.45) is 1.83. The highest BCUT2D eigenvalue weighted by molar-refractivity contribution is 7.89. The summed E-state index contributed by atoms with van der Waals surface area (Å²) < 4.78 is 27.1. The van der Waals surface area contributed by atoms with Gasteiger partial charge in [-0.05, 0) is 6.07 Å². The van der Waals surface area contributed by atoms with E-state index in [2.05, 4.69) is 5.10 Å². The van der Waals surface area contributed by atoms with Gasteiger partial charge in [-0.2, -0.15) is 9.40 Å².